The van der Waals surface area contributed by atoms with Crippen LogP contribution in [0.3, 0.4) is 0 Å². The molecule has 10 nitrogen and oxygen atoms in total. The second-order valence-corrected chi connectivity index (χ2v) is 12.6. The Kier molecular flexibility index (Phi) is 9.97. The SMILES string of the molecule is CCCCCCCCS(=O)(=O)c1c(-c2ccc(Cl)cc2)c(Cl)n2c(=O)c(C(=O)NC(=O)Nc3ccccc3)c(N)[nH]c12. The maximum atomic E-state index is 13.8. The monoisotopic (exact) mass is 631 g/mol. The number of carbonyl (C=O) groups is 2. The first-order valence-corrected chi connectivity index (χ1v) is 15.9. The molecule has 0 saturated heterocycles. The molecule has 13 heteroatoms. The van der Waals surface area contributed by atoms with E-state index in [4.69, 9.17) is 28.9 Å². The summed E-state index contributed by atoms with van der Waals surface area (Å²) in [6, 6.07) is 13.8. The van der Waals surface area contributed by atoms with Crippen molar-refractivity contribution in [2.24, 2.45) is 0 Å². The van der Waals surface area contributed by atoms with Crippen LogP contribution in [0, 0.1) is 0 Å². The van der Waals surface area contributed by atoms with E-state index in [1.165, 1.54) is 0 Å². The largest absolute Gasteiger partial charge is 0.384 e. The van der Waals surface area contributed by atoms with Gasteiger partial charge in [0.1, 0.15) is 27.1 Å². The number of amides is 3. The van der Waals surface area contributed by atoms with E-state index in [0.29, 0.717) is 22.7 Å². The first-order valence-electron chi connectivity index (χ1n) is 13.5. The molecular formula is C29H31Cl2N5O5S. The Morgan fingerprint density at radius 1 is 0.952 bits per heavy atom. The van der Waals surface area contributed by atoms with E-state index in [1.807, 2.05) is 0 Å². The molecule has 0 saturated carbocycles. The van der Waals surface area contributed by atoms with Crippen molar-refractivity contribution < 1.29 is 18.0 Å². The minimum absolute atomic E-state index is 0.0754. The zero-order valence-corrected chi connectivity index (χ0v) is 25.2. The number of rotatable bonds is 11. The molecule has 3 amide bonds. The molecule has 0 aliphatic carbocycles. The third-order valence-corrected chi connectivity index (χ3v) is 9.16. The molecule has 2 aromatic carbocycles. The van der Waals surface area contributed by atoms with Gasteiger partial charge in [-0.1, -0.05) is 92.6 Å². The standard InChI is InChI=1S/C29H31Cl2N5O5S/c1-2-3-4-5-6-10-17-42(40,41)23-21(18-13-15-19(30)16-14-18)24(31)36-26(23)34-25(32)22(28(36)38)27(37)35-29(39)33-20-11-8-7-9-12-20/h7-9,11-16,34H,2-6,10,17,32H2,1H3,(H2,33,35,37,39). The number of urea groups is 1. The van der Waals surface area contributed by atoms with E-state index in [-0.39, 0.29) is 27.0 Å². The zero-order chi connectivity index (χ0) is 30.4. The molecule has 4 aromatic rings. The maximum absolute atomic E-state index is 13.8. The number of hydrogen-bond donors (Lipinski definition) is 4. The second-order valence-electron chi connectivity index (χ2n) is 9.77. The number of aromatic nitrogens is 2. The number of hydrogen-bond acceptors (Lipinski definition) is 6. The number of carbonyl (C=O) groups excluding carboxylic acids is 2. The van der Waals surface area contributed by atoms with Crippen LogP contribution in [0.2, 0.25) is 10.2 Å². The van der Waals surface area contributed by atoms with Gasteiger partial charge in [-0.15, -0.1) is 0 Å². The van der Waals surface area contributed by atoms with Gasteiger partial charge in [-0.05, 0) is 36.2 Å². The quantitative estimate of drug-likeness (QED) is 0.143. The van der Waals surface area contributed by atoms with Gasteiger partial charge in [0.15, 0.2) is 9.84 Å². The van der Waals surface area contributed by atoms with E-state index in [1.54, 1.807) is 54.6 Å². The molecule has 0 radical (unpaired) electrons. The number of fused-ring (bicyclic) bond motifs is 1. The summed E-state index contributed by atoms with van der Waals surface area (Å²) in [4.78, 5) is 41.6. The number of anilines is 2. The number of nitrogens with one attached hydrogen (secondary N) is 3. The lowest BCUT2D eigenvalue weighted by Crippen LogP contribution is -2.38. The summed E-state index contributed by atoms with van der Waals surface area (Å²) in [7, 11) is -4.00. The van der Waals surface area contributed by atoms with Crippen molar-refractivity contribution in [3.8, 4) is 11.1 Å². The van der Waals surface area contributed by atoms with Gasteiger partial charge in [0.05, 0.1) is 5.75 Å². The molecule has 5 N–H and O–H groups in total. The van der Waals surface area contributed by atoms with Gasteiger partial charge in [0.25, 0.3) is 11.5 Å². The average molecular weight is 633 g/mol. The number of benzene rings is 2. The molecule has 0 atom stereocenters. The molecule has 0 spiro atoms. The Hall–Kier alpha value is -3.80. The third kappa shape index (κ3) is 6.80. The molecule has 0 bridgehead atoms. The molecule has 0 unspecified atom stereocenters. The third-order valence-electron chi connectivity index (χ3n) is 6.70. The van der Waals surface area contributed by atoms with E-state index < -0.39 is 38.7 Å². The highest BCUT2D eigenvalue weighted by atomic mass is 35.5. The van der Waals surface area contributed by atoms with Crippen molar-refractivity contribution in [1.29, 1.82) is 0 Å². The summed E-state index contributed by atoms with van der Waals surface area (Å²) in [6.45, 7) is 2.10. The smallest absolute Gasteiger partial charge is 0.326 e. The van der Waals surface area contributed by atoms with Gasteiger partial charge in [-0.2, -0.15) is 0 Å². The number of sulfone groups is 1. The van der Waals surface area contributed by atoms with Gasteiger partial charge >= 0.3 is 6.03 Å². The predicted octanol–water partition coefficient (Wildman–Crippen LogP) is 6.28. The number of para-hydroxylation sites is 1. The molecule has 42 heavy (non-hydrogen) atoms. The summed E-state index contributed by atoms with van der Waals surface area (Å²) >= 11 is 12.8. The number of H-pyrrole nitrogens is 1. The summed E-state index contributed by atoms with van der Waals surface area (Å²) in [5, 5.41) is 4.73. The van der Waals surface area contributed by atoms with Gasteiger partial charge in [-0.3, -0.25) is 14.9 Å². The number of nitrogens with zero attached hydrogens (tertiary/aromatic N) is 1. The molecular weight excluding hydrogens is 601 g/mol. The number of halogens is 2. The summed E-state index contributed by atoms with van der Waals surface area (Å²) in [6.07, 6.45) is 5.22. The van der Waals surface area contributed by atoms with Crippen molar-refractivity contribution in [2.75, 3.05) is 16.8 Å². The lowest BCUT2D eigenvalue weighted by atomic mass is 10.1. The van der Waals surface area contributed by atoms with Crippen molar-refractivity contribution in [3.63, 3.8) is 0 Å². The fourth-order valence-electron chi connectivity index (χ4n) is 4.66. The van der Waals surface area contributed by atoms with Crippen molar-refractivity contribution in [3.05, 3.63) is 80.7 Å². The van der Waals surface area contributed by atoms with Gasteiger partial charge in [0.2, 0.25) is 0 Å². The van der Waals surface area contributed by atoms with Crippen molar-refractivity contribution in [1.82, 2.24) is 14.7 Å². The van der Waals surface area contributed by atoms with Crippen LogP contribution >= 0.6 is 23.2 Å². The van der Waals surface area contributed by atoms with Crippen LogP contribution in [0.15, 0.2) is 64.3 Å². The number of imide groups is 1. The van der Waals surface area contributed by atoms with Gasteiger partial charge < -0.3 is 16.0 Å². The minimum atomic E-state index is -4.00. The lowest BCUT2D eigenvalue weighted by Gasteiger charge is -2.10. The highest BCUT2D eigenvalue weighted by molar-refractivity contribution is 7.91. The fraction of sp³-hybridized carbons (Fsp3) is 0.276. The molecule has 0 aliphatic rings. The van der Waals surface area contributed by atoms with Crippen LogP contribution in [0.1, 0.15) is 55.8 Å². The Labute approximate surface area is 253 Å². The van der Waals surface area contributed by atoms with E-state index >= 15 is 0 Å². The maximum Gasteiger partial charge on any atom is 0.326 e. The number of unbranched alkanes of at least 4 members (excludes halogenated alkanes) is 5. The Balaban J connectivity index is 1.77. The van der Waals surface area contributed by atoms with E-state index in [0.717, 1.165) is 36.5 Å². The molecule has 4 rings (SSSR count). The first-order chi connectivity index (χ1) is 20.0. The van der Waals surface area contributed by atoms with E-state index in [2.05, 4.69) is 22.5 Å². The summed E-state index contributed by atoms with van der Waals surface area (Å²) < 4.78 is 28.4. The Morgan fingerprint density at radius 3 is 2.26 bits per heavy atom. The first kappa shape index (κ1) is 31.1. The number of nitrogens with two attached hydrogens (primary N) is 1. The molecule has 2 heterocycles. The average Bonchev–Trinajstić information content (AvgIpc) is 3.24. The fourth-order valence-corrected chi connectivity index (χ4v) is 6.95. The molecule has 0 fully saturated rings. The van der Waals surface area contributed by atoms with Crippen molar-refractivity contribution >= 4 is 62.1 Å². The van der Waals surface area contributed by atoms with Gasteiger partial charge in [-0.25, -0.2) is 17.6 Å². The van der Waals surface area contributed by atoms with Crippen molar-refractivity contribution in [2.45, 2.75) is 50.3 Å². The van der Waals surface area contributed by atoms with Crippen LogP contribution < -0.4 is 21.9 Å². The minimum Gasteiger partial charge on any atom is -0.384 e. The highest BCUT2D eigenvalue weighted by Crippen LogP contribution is 2.39. The van der Waals surface area contributed by atoms with E-state index in [9.17, 15) is 22.8 Å². The predicted molar refractivity (Wildman–Crippen MR) is 166 cm³/mol. The molecule has 0 aliphatic heterocycles. The summed E-state index contributed by atoms with van der Waals surface area (Å²) in [5.41, 5.74) is 5.21. The molecule has 2 aromatic heterocycles. The Bertz CT molecular complexity index is 1770. The van der Waals surface area contributed by atoms with Crippen LogP contribution in [0.25, 0.3) is 16.8 Å². The van der Waals surface area contributed by atoms with Crippen LogP contribution in [-0.2, 0) is 9.84 Å². The van der Waals surface area contributed by atoms with Crippen LogP contribution in [0.5, 0.6) is 0 Å². The topological polar surface area (TPSA) is 156 Å². The van der Waals surface area contributed by atoms with Crippen LogP contribution in [0.4, 0.5) is 16.3 Å². The number of aromatic amines is 1. The molecule has 222 valence electrons. The lowest BCUT2D eigenvalue weighted by molar-refractivity contribution is 0.0966. The highest BCUT2D eigenvalue weighted by Gasteiger charge is 2.32. The Morgan fingerprint density at radius 2 is 1.60 bits per heavy atom. The second kappa shape index (κ2) is 13.5. The normalized spacial score (nSPS) is 11.5. The van der Waals surface area contributed by atoms with Crippen LogP contribution in [-0.4, -0.2) is 35.5 Å². The summed E-state index contributed by atoms with van der Waals surface area (Å²) in [5.74, 6) is -1.71. The van der Waals surface area contributed by atoms with Gasteiger partial charge in [0, 0.05) is 16.3 Å². The number of nitrogen functional groups attached to an aromatic ring is 1. The zero-order valence-electron chi connectivity index (χ0n) is 22.9.